The van der Waals surface area contributed by atoms with Gasteiger partial charge in [-0.05, 0) is 39.4 Å². The van der Waals surface area contributed by atoms with Gasteiger partial charge in [-0.3, -0.25) is 0 Å². The topological polar surface area (TPSA) is 200 Å². The maximum absolute atomic E-state index is 11.3. The van der Waals surface area contributed by atoms with Crippen LogP contribution in [-0.4, -0.2) is 109 Å². The van der Waals surface area contributed by atoms with E-state index in [9.17, 15) is 15.3 Å². The molecule has 3 rings (SSSR count). The standard InChI is InChI=1S/C21H41N5O7/c1-4-26-13-7-12(24)16(32-19-11(23)6-5-10(8-22)31-19)14(27)17(13)33-20-15(28)18(25-3)21(2,29)9-30-20/h5,11-20,25-29H,4,6-9,22-24H2,1-3H3/t11-,12-,13+,14-,15+,16+,17-,18-,19+,20+,21-/m0/s1. The van der Waals surface area contributed by atoms with Gasteiger partial charge in [0.15, 0.2) is 6.29 Å². The minimum absolute atomic E-state index is 0.0483. The molecule has 2 aliphatic heterocycles. The normalized spacial score (nSPS) is 46.5. The van der Waals surface area contributed by atoms with Crippen LogP contribution in [0, 0.1) is 0 Å². The molecule has 1 saturated heterocycles. The smallest absolute Gasteiger partial charge is 0.215 e. The van der Waals surface area contributed by atoms with Crippen LogP contribution < -0.4 is 27.8 Å². The average Bonchev–Trinajstić information content (AvgIpc) is 2.76. The zero-order valence-corrected chi connectivity index (χ0v) is 19.6. The Labute approximate surface area is 194 Å². The highest BCUT2D eigenvalue weighted by atomic mass is 16.7. The number of hydrogen-bond donors (Lipinski definition) is 8. The van der Waals surface area contributed by atoms with E-state index >= 15 is 0 Å². The lowest BCUT2D eigenvalue weighted by atomic mass is 9.83. The molecule has 192 valence electrons. The molecule has 1 aliphatic carbocycles. The Morgan fingerprint density at radius 1 is 1.15 bits per heavy atom. The molecule has 12 heteroatoms. The fraction of sp³-hybridized carbons (Fsp3) is 0.905. The van der Waals surface area contributed by atoms with E-state index in [1.54, 1.807) is 14.0 Å². The van der Waals surface area contributed by atoms with Crippen LogP contribution >= 0.6 is 0 Å². The van der Waals surface area contributed by atoms with Crippen molar-refractivity contribution in [1.82, 2.24) is 10.6 Å². The molecule has 0 unspecified atom stereocenters. The summed E-state index contributed by atoms with van der Waals surface area (Å²) in [5.41, 5.74) is 16.9. The van der Waals surface area contributed by atoms with Crippen molar-refractivity contribution in [2.75, 3.05) is 26.7 Å². The van der Waals surface area contributed by atoms with E-state index in [4.69, 9.17) is 36.1 Å². The number of aliphatic hydroxyl groups excluding tert-OH is 2. The summed E-state index contributed by atoms with van der Waals surface area (Å²) in [6.45, 7) is 4.30. The van der Waals surface area contributed by atoms with Crippen LogP contribution in [0.5, 0.6) is 0 Å². The second kappa shape index (κ2) is 11.2. The van der Waals surface area contributed by atoms with Gasteiger partial charge in [0.05, 0.1) is 25.2 Å². The van der Waals surface area contributed by atoms with Gasteiger partial charge >= 0.3 is 0 Å². The molecule has 3 aliphatic rings. The Kier molecular flexibility index (Phi) is 9.08. The first-order valence-electron chi connectivity index (χ1n) is 11.6. The SMILES string of the molecule is CCN[C@@H]1C[C@H](N)[C@@H](O[C@H]2OC(CN)=CC[C@@H]2N)[C@H](O)[C@H]1O[C@H]1OC[C@](C)(O)[C@@H](NC)[C@H]1O. The highest BCUT2D eigenvalue weighted by Gasteiger charge is 2.51. The monoisotopic (exact) mass is 475 g/mol. The molecule has 0 amide bonds. The molecule has 2 heterocycles. The molecule has 33 heavy (non-hydrogen) atoms. The molecule has 2 fully saturated rings. The third kappa shape index (κ3) is 5.85. The zero-order valence-electron chi connectivity index (χ0n) is 19.6. The Morgan fingerprint density at radius 3 is 2.48 bits per heavy atom. The third-order valence-electron chi connectivity index (χ3n) is 6.64. The summed E-state index contributed by atoms with van der Waals surface area (Å²) in [6.07, 6.45) is -3.05. The van der Waals surface area contributed by atoms with Crippen molar-refractivity contribution in [2.45, 2.75) is 93.5 Å². The molecule has 12 nitrogen and oxygen atoms in total. The van der Waals surface area contributed by atoms with Gasteiger partial charge in [-0.2, -0.15) is 0 Å². The predicted octanol–water partition coefficient (Wildman–Crippen LogP) is -3.20. The second-order valence-electron chi connectivity index (χ2n) is 9.31. The van der Waals surface area contributed by atoms with Gasteiger partial charge in [-0.1, -0.05) is 6.92 Å². The van der Waals surface area contributed by atoms with Crippen molar-refractivity contribution in [3.8, 4) is 0 Å². The van der Waals surface area contributed by atoms with Gasteiger partial charge in [0, 0.05) is 12.1 Å². The zero-order chi connectivity index (χ0) is 24.3. The summed E-state index contributed by atoms with van der Waals surface area (Å²) in [5, 5.41) is 38.8. The summed E-state index contributed by atoms with van der Waals surface area (Å²) < 4.78 is 23.6. The molecule has 0 aromatic rings. The van der Waals surface area contributed by atoms with E-state index in [1.807, 2.05) is 13.0 Å². The first kappa shape index (κ1) is 26.7. The van der Waals surface area contributed by atoms with Gasteiger partial charge in [-0.15, -0.1) is 0 Å². The highest BCUT2D eigenvalue weighted by Crippen LogP contribution is 2.31. The Morgan fingerprint density at radius 2 is 1.85 bits per heavy atom. The molecule has 1 saturated carbocycles. The van der Waals surface area contributed by atoms with E-state index in [0.717, 1.165) is 0 Å². The number of ether oxygens (including phenoxy) is 4. The highest BCUT2D eigenvalue weighted by molar-refractivity contribution is 5.05. The Bertz CT molecular complexity index is 669. The summed E-state index contributed by atoms with van der Waals surface area (Å²) in [7, 11) is 1.64. The minimum Gasteiger partial charge on any atom is -0.467 e. The molecule has 0 spiro atoms. The van der Waals surface area contributed by atoms with Crippen molar-refractivity contribution < 1.29 is 34.3 Å². The van der Waals surface area contributed by atoms with Crippen LogP contribution in [0.4, 0.5) is 0 Å². The minimum atomic E-state index is -1.28. The predicted molar refractivity (Wildman–Crippen MR) is 120 cm³/mol. The van der Waals surface area contributed by atoms with Crippen molar-refractivity contribution in [1.29, 1.82) is 0 Å². The van der Waals surface area contributed by atoms with E-state index < -0.39 is 60.7 Å². The van der Waals surface area contributed by atoms with Gasteiger partial charge < -0.3 is 62.1 Å². The van der Waals surface area contributed by atoms with Crippen LogP contribution in [-0.2, 0) is 18.9 Å². The Balaban J connectivity index is 1.75. The lowest BCUT2D eigenvalue weighted by Gasteiger charge is -2.49. The maximum atomic E-state index is 11.3. The molecule has 0 bridgehead atoms. The number of nitrogens with one attached hydrogen (secondary N) is 2. The van der Waals surface area contributed by atoms with Crippen molar-refractivity contribution >= 4 is 0 Å². The van der Waals surface area contributed by atoms with Crippen LogP contribution in [0.3, 0.4) is 0 Å². The van der Waals surface area contributed by atoms with E-state index in [0.29, 0.717) is 25.1 Å². The number of rotatable bonds is 8. The van der Waals surface area contributed by atoms with Gasteiger partial charge in [-0.25, -0.2) is 0 Å². The number of hydrogen-bond acceptors (Lipinski definition) is 12. The van der Waals surface area contributed by atoms with Crippen LogP contribution in [0.15, 0.2) is 11.8 Å². The number of aliphatic hydroxyl groups is 3. The number of nitrogens with two attached hydrogens (primary N) is 3. The largest absolute Gasteiger partial charge is 0.467 e. The van der Waals surface area contributed by atoms with Crippen LogP contribution in [0.25, 0.3) is 0 Å². The van der Waals surface area contributed by atoms with Crippen LogP contribution in [0.2, 0.25) is 0 Å². The van der Waals surface area contributed by atoms with E-state index in [2.05, 4.69) is 10.6 Å². The molecule has 0 aromatic carbocycles. The molecule has 0 aromatic heterocycles. The van der Waals surface area contributed by atoms with Crippen molar-refractivity contribution in [2.24, 2.45) is 17.2 Å². The lowest BCUT2D eigenvalue weighted by molar-refractivity contribution is -0.304. The molecular weight excluding hydrogens is 434 g/mol. The fourth-order valence-corrected chi connectivity index (χ4v) is 4.86. The van der Waals surface area contributed by atoms with E-state index in [-0.39, 0.29) is 19.2 Å². The third-order valence-corrected chi connectivity index (χ3v) is 6.64. The average molecular weight is 476 g/mol. The van der Waals surface area contributed by atoms with Gasteiger partial charge in [0.2, 0.25) is 6.29 Å². The van der Waals surface area contributed by atoms with Crippen molar-refractivity contribution in [3.05, 3.63) is 11.8 Å². The van der Waals surface area contributed by atoms with Crippen molar-refractivity contribution in [3.63, 3.8) is 0 Å². The van der Waals surface area contributed by atoms with Gasteiger partial charge in [0.1, 0.15) is 35.8 Å². The summed E-state index contributed by atoms with van der Waals surface area (Å²) in [6, 6.07) is -1.95. The number of likely N-dealkylation sites (N-methyl/N-ethyl adjacent to an activating group) is 2. The Hall–Kier alpha value is -0.900. The molecule has 11 N–H and O–H groups in total. The summed E-state index contributed by atoms with van der Waals surface area (Å²) >= 11 is 0. The fourth-order valence-electron chi connectivity index (χ4n) is 4.86. The second-order valence-corrected chi connectivity index (χ2v) is 9.31. The first-order valence-corrected chi connectivity index (χ1v) is 11.6. The quantitative estimate of drug-likeness (QED) is 0.175. The molecule has 11 atom stereocenters. The van der Waals surface area contributed by atoms with Gasteiger partial charge in [0.25, 0.3) is 0 Å². The first-order chi connectivity index (χ1) is 15.6. The maximum Gasteiger partial charge on any atom is 0.215 e. The van der Waals surface area contributed by atoms with Crippen LogP contribution in [0.1, 0.15) is 26.7 Å². The summed E-state index contributed by atoms with van der Waals surface area (Å²) in [5.74, 6) is 0.572. The molecular formula is C21H41N5O7. The molecule has 0 radical (unpaired) electrons. The lowest BCUT2D eigenvalue weighted by Crippen LogP contribution is -2.69. The van der Waals surface area contributed by atoms with E-state index in [1.165, 1.54) is 0 Å². The summed E-state index contributed by atoms with van der Waals surface area (Å²) in [4.78, 5) is 0.